The van der Waals surface area contributed by atoms with Crippen molar-refractivity contribution in [3.63, 3.8) is 0 Å². The first-order chi connectivity index (χ1) is 18.0. The third kappa shape index (κ3) is 7.42. The molecule has 9 heteroatoms. The van der Waals surface area contributed by atoms with Crippen LogP contribution in [0.15, 0.2) is 96.2 Å². The summed E-state index contributed by atoms with van der Waals surface area (Å²) < 4.78 is 0. The topological polar surface area (TPSA) is 133 Å². The largest absolute Gasteiger partial charge is 4.00 e. The Morgan fingerprint density at radius 2 is 1.46 bits per heavy atom. The van der Waals surface area contributed by atoms with Gasteiger partial charge in [0.1, 0.15) is 0 Å². The number of carbonyl (C=O) groups excluding carboxylic acids is 1. The van der Waals surface area contributed by atoms with Crippen molar-refractivity contribution < 1.29 is 39.0 Å². The van der Waals surface area contributed by atoms with Gasteiger partial charge < -0.3 is 25.4 Å². The molecule has 0 fully saturated rings. The van der Waals surface area contributed by atoms with Gasteiger partial charge in [-0.05, 0) is 49.7 Å². The summed E-state index contributed by atoms with van der Waals surface area (Å²) in [5, 5.41) is 25.5. The number of benzene rings is 3. The minimum atomic E-state index is -1.29. The van der Waals surface area contributed by atoms with E-state index in [0.29, 0.717) is 5.56 Å². The van der Waals surface area contributed by atoms with Gasteiger partial charge in [-0.25, -0.2) is 0 Å². The van der Waals surface area contributed by atoms with Crippen molar-refractivity contribution in [3.8, 4) is 5.75 Å². The van der Waals surface area contributed by atoms with Crippen LogP contribution in [-0.4, -0.2) is 35.2 Å². The zero-order valence-corrected chi connectivity index (χ0v) is 22.9. The molecule has 0 amide bonds. The molecule has 0 unspecified atom stereocenters. The molecule has 0 aliphatic heterocycles. The normalized spacial score (nSPS) is 10.3. The second kappa shape index (κ2) is 14.6. The van der Waals surface area contributed by atoms with Crippen LogP contribution in [0.3, 0.4) is 0 Å². The van der Waals surface area contributed by atoms with E-state index in [1.54, 1.807) is 42.7 Å². The molecule has 195 valence electrons. The Hall–Kier alpha value is -4.24. The molecule has 5 aromatic rings. The Kier molecular flexibility index (Phi) is 11.6. The molecule has 0 saturated heterocycles. The van der Waals surface area contributed by atoms with Crippen molar-refractivity contribution in [2.45, 2.75) is 13.8 Å². The van der Waals surface area contributed by atoms with E-state index in [1.165, 1.54) is 12.3 Å². The molecular formula is C30H26N4O4V. The molecule has 0 saturated carbocycles. The van der Waals surface area contributed by atoms with E-state index in [0.717, 1.165) is 40.6 Å². The number of anilines is 1. The predicted octanol–water partition coefficient (Wildman–Crippen LogP) is 4.38. The van der Waals surface area contributed by atoms with Crippen molar-refractivity contribution in [1.29, 1.82) is 0 Å². The van der Waals surface area contributed by atoms with Crippen molar-refractivity contribution in [1.82, 2.24) is 9.97 Å². The summed E-state index contributed by atoms with van der Waals surface area (Å²) in [6, 6.07) is 23.5. The van der Waals surface area contributed by atoms with E-state index in [-0.39, 0.29) is 41.0 Å². The number of aromatic carboxylic acids is 1. The molecule has 2 heterocycles. The van der Waals surface area contributed by atoms with Gasteiger partial charge >= 0.3 is 18.6 Å². The van der Waals surface area contributed by atoms with Gasteiger partial charge in [-0.3, -0.25) is 15.0 Å². The summed E-state index contributed by atoms with van der Waals surface area (Å²) in [5.74, 6) is -1.44. The molecule has 2 aromatic heterocycles. The Labute approximate surface area is 238 Å². The van der Waals surface area contributed by atoms with Gasteiger partial charge in [0, 0.05) is 53.7 Å². The van der Waals surface area contributed by atoms with Gasteiger partial charge in [0.2, 0.25) is 0 Å². The Balaban J connectivity index is 0.000000285. The average molecular weight is 558 g/mol. The van der Waals surface area contributed by atoms with E-state index < -0.39 is 5.97 Å². The maximum Gasteiger partial charge on any atom is 4.00 e. The van der Waals surface area contributed by atoms with Crippen molar-refractivity contribution in [2.24, 2.45) is 4.99 Å². The van der Waals surface area contributed by atoms with Crippen LogP contribution in [0.25, 0.3) is 21.8 Å². The zero-order valence-electron chi connectivity index (χ0n) is 21.5. The SMILES string of the molecule is CCN(CC)c1ccc(C=Nc2ccccc2C(=O)[O-])c([O-])c1.[O-2].[V+4].c1cnc2c(c1)ccc1cccnc12. The molecule has 0 atom stereocenters. The molecule has 1 radical (unpaired) electrons. The summed E-state index contributed by atoms with van der Waals surface area (Å²) in [6.07, 6.45) is 4.99. The van der Waals surface area contributed by atoms with Crippen LogP contribution >= 0.6 is 0 Å². The first-order valence-electron chi connectivity index (χ1n) is 12.0. The van der Waals surface area contributed by atoms with Gasteiger partial charge in [0.05, 0.1) is 22.7 Å². The van der Waals surface area contributed by atoms with Crippen LogP contribution in [0.5, 0.6) is 5.75 Å². The number of rotatable bonds is 6. The van der Waals surface area contributed by atoms with E-state index >= 15 is 0 Å². The standard InChI is InChI=1S/C18H20N2O3.C12H8N2.O.V/c1-3-20(4-2)14-10-9-13(17(21)11-14)12-19-16-8-6-5-7-15(16)18(22)23;1-3-9-5-6-10-4-2-8-14-12(10)11(9)13-7-1;;/h5-12,21H,3-4H2,1-2H3,(H,22,23);1-8H;;/q;;-2;+4/p-2. The van der Waals surface area contributed by atoms with Gasteiger partial charge in [0.25, 0.3) is 0 Å². The zero-order chi connectivity index (χ0) is 26.2. The van der Waals surface area contributed by atoms with E-state index in [4.69, 9.17) is 0 Å². The van der Waals surface area contributed by atoms with Crippen molar-refractivity contribution >= 4 is 45.4 Å². The minimum Gasteiger partial charge on any atom is -2.00 e. The average Bonchev–Trinajstić information content (AvgIpc) is 2.93. The number of aromatic nitrogens is 2. The van der Waals surface area contributed by atoms with Crippen molar-refractivity contribution in [2.75, 3.05) is 18.0 Å². The van der Waals surface area contributed by atoms with Gasteiger partial charge in [-0.15, -0.1) is 0 Å². The Bertz CT molecular complexity index is 1520. The van der Waals surface area contributed by atoms with Gasteiger partial charge in [0.15, 0.2) is 0 Å². The summed E-state index contributed by atoms with van der Waals surface area (Å²) in [4.78, 5) is 25.9. The fraction of sp³-hybridized carbons (Fsp3) is 0.133. The number of carboxylic acids is 1. The molecule has 0 bridgehead atoms. The Morgan fingerprint density at radius 1 is 0.872 bits per heavy atom. The second-order valence-corrected chi connectivity index (χ2v) is 8.17. The van der Waals surface area contributed by atoms with Crippen molar-refractivity contribution in [3.05, 3.63) is 102 Å². The smallest absolute Gasteiger partial charge is 2.00 e. The molecule has 0 spiro atoms. The summed E-state index contributed by atoms with van der Waals surface area (Å²) in [6.45, 7) is 5.70. The fourth-order valence-corrected chi connectivity index (χ4v) is 3.99. The minimum absolute atomic E-state index is 0. The number of aliphatic imine (C=N–C) groups is 1. The monoisotopic (exact) mass is 557 g/mol. The van der Waals surface area contributed by atoms with Crippen LogP contribution in [0, 0.1) is 0 Å². The number of carbonyl (C=O) groups is 1. The number of para-hydroxylation sites is 1. The van der Waals surface area contributed by atoms with Gasteiger partial charge in [-0.1, -0.05) is 54.3 Å². The summed E-state index contributed by atoms with van der Waals surface area (Å²) >= 11 is 0. The van der Waals surface area contributed by atoms with Crippen LogP contribution in [0.1, 0.15) is 29.8 Å². The van der Waals surface area contributed by atoms with Gasteiger partial charge in [-0.2, -0.15) is 0 Å². The predicted molar refractivity (Wildman–Crippen MR) is 145 cm³/mol. The fourth-order valence-electron chi connectivity index (χ4n) is 3.99. The van der Waals surface area contributed by atoms with Crippen LogP contribution < -0.4 is 15.1 Å². The number of pyridine rings is 2. The van der Waals surface area contributed by atoms with Crippen LogP contribution in [0.4, 0.5) is 11.4 Å². The second-order valence-electron chi connectivity index (χ2n) is 8.17. The summed E-state index contributed by atoms with van der Waals surface area (Å²) in [5.41, 5.74) is 3.49. The Morgan fingerprint density at radius 3 is 2.00 bits per heavy atom. The maximum atomic E-state index is 12.2. The third-order valence-corrected chi connectivity index (χ3v) is 5.94. The van der Waals surface area contributed by atoms with E-state index in [2.05, 4.69) is 44.1 Å². The number of hydrogen-bond donors (Lipinski definition) is 0. The van der Waals surface area contributed by atoms with Crippen LogP contribution in [-0.2, 0) is 24.0 Å². The summed E-state index contributed by atoms with van der Waals surface area (Å²) in [7, 11) is 0. The number of carboxylic acid groups (broad SMARTS) is 1. The molecule has 0 aliphatic rings. The maximum absolute atomic E-state index is 12.2. The molecule has 0 N–H and O–H groups in total. The molecule has 8 nitrogen and oxygen atoms in total. The third-order valence-electron chi connectivity index (χ3n) is 5.94. The molecule has 5 rings (SSSR count). The molecule has 39 heavy (non-hydrogen) atoms. The first kappa shape index (κ1) is 31.0. The number of nitrogens with zero attached hydrogens (tertiary/aromatic N) is 4. The quantitative estimate of drug-likeness (QED) is 0.225. The molecular weight excluding hydrogens is 531 g/mol. The number of hydrogen-bond acceptors (Lipinski definition) is 7. The molecule has 3 aromatic carbocycles. The molecule has 0 aliphatic carbocycles. The van der Waals surface area contributed by atoms with Crippen LogP contribution in [0.2, 0.25) is 0 Å². The first-order valence-corrected chi connectivity index (χ1v) is 12.0. The number of fused-ring (bicyclic) bond motifs is 3. The van der Waals surface area contributed by atoms with E-state index in [9.17, 15) is 15.0 Å². The van der Waals surface area contributed by atoms with E-state index in [1.807, 2.05) is 32.0 Å².